The number of hydrazone groups is 1. The van der Waals surface area contributed by atoms with Crippen molar-refractivity contribution in [1.29, 1.82) is 0 Å². The average Bonchev–Trinajstić information content (AvgIpc) is 3.24. The number of hydrogen-bond acceptors (Lipinski definition) is 3. The van der Waals surface area contributed by atoms with E-state index < -0.39 is 0 Å². The van der Waals surface area contributed by atoms with E-state index in [1.165, 1.54) is 5.56 Å². The Morgan fingerprint density at radius 2 is 1.73 bits per heavy atom. The van der Waals surface area contributed by atoms with Gasteiger partial charge in [0.25, 0.3) is 5.56 Å². The third-order valence-electron chi connectivity index (χ3n) is 5.56. The van der Waals surface area contributed by atoms with E-state index >= 15 is 0 Å². The van der Waals surface area contributed by atoms with Crippen molar-refractivity contribution in [3.8, 4) is 11.1 Å². The molecule has 0 amide bonds. The van der Waals surface area contributed by atoms with Gasteiger partial charge in [-0.2, -0.15) is 5.10 Å². The summed E-state index contributed by atoms with van der Waals surface area (Å²) in [6.07, 6.45) is 0.637. The summed E-state index contributed by atoms with van der Waals surface area (Å²) < 4.78 is 0. The van der Waals surface area contributed by atoms with Crippen LogP contribution in [0, 0.1) is 6.92 Å². The van der Waals surface area contributed by atoms with Gasteiger partial charge in [-0.1, -0.05) is 71.8 Å². The van der Waals surface area contributed by atoms with Gasteiger partial charge >= 0.3 is 0 Å². The minimum Gasteiger partial charge on any atom is -0.321 e. The van der Waals surface area contributed by atoms with E-state index in [-0.39, 0.29) is 11.6 Å². The first-order valence-corrected chi connectivity index (χ1v) is 10.3. The molecule has 4 nitrogen and oxygen atoms in total. The molecule has 0 radical (unpaired) electrons. The minimum atomic E-state index is -0.145. The fourth-order valence-corrected chi connectivity index (χ4v) is 4.21. The van der Waals surface area contributed by atoms with E-state index in [2.05, 4.69) is 46.7 Å². The van der Waals surface area contributed by atoms with Gasteiger partial charge in [0.2, 0.25) is 0 Å². The zero-order chi connectivity index (χ0) is 20.7. The van der Waals surface area contributed by atoms with E-state index in [4.69, 9.17) is 11.6 Å². The number of nitrogens with one attached hydrogen (secondary N) is 2. The van der Waals surface area contributed by atoms with Gasteiger partial charge in [-0.15, -0.1) is 0 Å². The van der Waals surface area contributed by atoms with Crippen molar-refractivity contribution in [2.24, 2.45) is 5.10 Å². The fraction of sp³-hybridized carbons (Fsp3) is 0.120. The average molecular weight is 414 g/mol. The van der Waals surface area contributed by atoms with Gasteiger partial charge in [0.05, 0.1) is 17.3 Å². The maximum Gasteiger partial charge on any atom is 0.258 e. The minimum absolute atomic E-state index is 0.0404. The number of benzene rings is 3. The number of rotatable bonds is 3. The second-order valence-corrected chi connectivity index (χ2v) is 8.05. The summed E-state index contributed by atoms with van der Waals surface area (Å²) in [5, 5.41) is 6.11. The van der Waals surface area contributed by atoms with E-state index in [0.717, 1.165) is 33.3 Å². The molecule has 3 aromatic carbocycles. The molecule has 0 fully saturated rings. The summed E-state index contributed by atoms with van der Waals surface area (Å²) in [5.41, 5.74) is 9.37. The van der Waals surface area contributed by atoms with Crippen LogP contribution in [-0.2, 0) is 0 Å². The predicted octanol–water partition coefficient (Wildman–Crippen LogP) is 5.60. The molecule has 0 saturated carbocycles. The quantitative estimate of drug-likeness (QED) is 0.459. The number of aromatic nitrogens is 1. The second-order valence-electron chi connectivity index (χ2n) is 7.62. The van der Waals surface area contributed by atoms with Crippen molar-refractivity contribution < 1.29 is 0 Å². The van der Waals surface area contributed by atoms with Gasteiger partial charge in [-0.3, -0.25) is 4.79 Å². The zero-order valence-electron chi connectivity index (χ0n) is 16.4. The van der Waals surface area contributed by atoms with Gasteiger partial charge in [-0.25, -0.2) is 0 Å². The lowest BCUT2D eigenvalue weighted by Crippen LogP contribution is -2.20. The van der Waals surface area contributed by atoms with Crippen LogP contribution in [0.25, 0.3) is 22.0 Å². The summed E-state index contributed by atoms with van der Waals surface area (Å²) in [7, 11) is 0. The summed E-state index contributed by atoms with van der Waals surface area (Å²) in [6.45, 7) is 2.07. The number of nitrogens with zero attached hydrogens (tertiary/aromatic N) is 1. The highest BCUT2D eigenvalue weighted by atomic mass is 35.5. The molecule has 0 aliphatic carbocycles. The third-order valence-corrected chi connectivity index (χ3v) is 5.79. The first-order chi connectivity index (χ1) is 14.6. The van der Waals surface area contributed by atoms with Crippen LogP contribution in [0.3, 0.4) is 0 Å². The first kappa shape index (κ1) is 18.6. The van der Waals surface area contributed by atoms with Gasteiger partial charge in [0.1, 0.15) is 0 Å². The van der Waals surface area contributed by atoms with Crippen LogP contribution in [0.4, 0.5) is 0 Å². The molecule has 148 valence electrons. The monoisotopic (exact) mass is 413 g/mol. The highest BCUT2D eigenvalue weighted by Gasteiger charge is 2.26. The summed E-state index contributed by atoms with van der Waals surface area (Å²) in [6, 6.07) is 23.9. The molecule has 4 aromatic rings. The molecule has 5 heteroatoms. The molecule has 2 N–H and O–H groups in total. The smallest absolute Gasteiger partial charge is 0.258 e. The van der Waals surface area contributed by atoms with Crippen LogP contribution in [0.5, 0.6) is 0 Å². The molecule has 0 spiro atoms. The lowest BCUT2D eigenvalue weighted by molar-refractivity contribution is 0.620. The third kappa shape index (κ3) is 3.29. The number of H-pyrrole nitrogens is 1. The molecule has 30 heavy (non-hydrogen) atoms. The summed E-state index contributed by atoms with van der Waals surface area (Å²) >= 11 is 6.31. The largest absolute Gasteiger partial charge is 0.321 e. The van der Waals surface area contributed by atoms with Crippen molar-refractivity contribution in [1.82, 2.24) is 10.4 Å². The Morgan fingerprint density at radius 1 is 0.967 bits per heavy atom. The molecule has 1 atom stereocenters. The number of aromatic amines is 1. The standard InChI is InChI=1S/C25H20ClN3O/c1-15-7-9-16(10-8-15)21-14-22(29-28-21)24-23(17-5-3-2-4-6-17)19-13-18(26)11-12-20(19)27-25(24)30/h2-13,21,28H,14H2,1H3,(H,27,30). The molecule has 1 aliphatic rings. The van der Waals surface area contributed by atoms with E-state index in [1.54, 1.807) is 6.07 Å². The van der Waals surface area contributed by atoms with Crippen molar-refractivity contribution >= 4 is 28.2 Å². The highest BCUT2D eigenvalue weighted by Crippen LogP contribution is 2.34. The van der Waals surface area contributed by atoms with E-state index in [9.17, 15) is 4.79 Å². The lowest BCUT2D eigenvalue weighted by Gasteiger charge is -2.14. The van der Waals surface area contributed by atoms with Crippen LogP contribution in [0.1, 0.15) is 29.2 Å². The highest BCUT2D eigenvalue weighted by molar-refractivity contribution is 6.31. The van der Waals surface area contributed by atoms with Crippen molar-refractivity contribution in [2.45, 2.75) is 19.4 Å². The van der Waals surface area contributed by atoms with Gasteiger partial charge in [0, 0.05) is 27.9 Å². The lowest BCUT2D eigenvalue weighted by atomic mass is 9.91. The Hall–Kier alpha value is -3.37. The Morgan fingerprint density at radius 3 is 2.50 bits per heavy atom. The molecule has 5 rings (SSSR count). The molecular weight excluding hydrogens is 394 g/mol. The van der Waals surface area contributed by atoms with Crippen LogP contribution in [0.15, 0.2) is 82.7 Å². The van der Waals surface area contributed by atoms with Crippen LogP contribution in [-0.4, -0.2) is 10.7 Å². The van der Waals surface area contributed by atoms with Crippen molar-refractivity contribution in [3.05, 3.63) is 105 Å². The van der Waals surface area contributed by atoms with E-state index in [1.807, 2.05) is 42.5 Å². The topological polar surface area (TPSA) is 57.2 Å². The Labute approximate surface area is 179 Å². The van der Waals surface area contributed by atoms with Gasteiger partial charge in [-0.05, 0) is 36.2 Å². The molecular formula is C25H20ClN3O. The zero-order valence-corrected chi connectivity index (χ0v) is 17.2. The van der Waals surface area contributed by atoms with Gasteiger partial charge in [0.15, 0.2) is 0 Å². The van der Waals surface area contributed by atoms with Gasteiger partial charge < -0.3 is 10.4 Å². The normalized spacial score (nSPS) is 15.8. The van der Waals surface area contributed by atoms with E-state index in [0.29, 0.717) is 17.0 Å². The molecule has 1 aliphatic heterocycles. The molecule has 1 unspecified atom stereocenters. The molecule has 2 heterocycles. The second kappa shape index (κ2) is 7.47. The number of aryl methyl sites for hydroxylation is 1. The molecule has 0 saturated heterocycles. The summed E-state index contributed by atoms with van der Waals surface area (Å²) in [5.74, 6) is 0. The summed E-state index contributed by atoms with van der Waals surface area (Å²) in [4.78, 5) is 16.2. The van der Waals surface area contributed by atoms with Crippen LogP contribution < -0.4 is 11.0 Å². The maximum absolute atomic E-state index is 13.2. The SMILES string of the molecule is Cc1ccc(C2CC(c3c(-c4ccccc4)c4cc(Cl)ccc4[nH]c3=O)=NN2)cc1. The number of pyridine rings is 1. The van der Waals surface area contributed by atoms with Crippen molar-refractivity contribution in [2.75, 3.05) is 0 Å². The fourth-order valence-electron chi connectivity index (χ4n) is 4.03. The van der Waals surface area contributed by atoms with Crippen LogP contribution in [0.2, 0.25) is 5.02 Å². The van der Waals surface area contributed by atoms with Crippen LogP contribution >= 0.6 is 11.6 Å². The predicted molar refractivity (Wildman–Crippen MR) is 123 cm³/mol. The molecule has 0 bridgehead atoms. The first-order valence-electron chi connectivity index (χ1n) is 9.90. The number of hydrogen-bond donors (Lipinski definition) is 2. The number of halogens is 1. The number of fused-ring (bicyclic) bond motifs is 1. The molecule has 1 aromatic heterocycles. The van der Waals surface area contributed by atoms with Crippen molar-refractivity contribution in [3.63, 3.8) is 0 Å². The Balaban J connectivity index is 1.67. The Kier molecular flexibility index (Phi) is 4.64. The maximum atomic E-state index is 13.2. The Bertz CT molecular complexity index is 1320.